The minimum absolute atomic E-state index is 0.0485. The van der Waals surface area contributed by atoms with E-state index in [4.69, 9.17) is 11.5 Å². The molecule has 6 nitrogen and oxygen atoms in total. The molecule has 5 N–H and O–H groups in total. The first-order valence-electron chi connectivity index (χ1n) is 12.4. The molecule has 0 bridgehead atoms. The van der Waals surface area contributed by atoms with Gasteiger partial charge in [-0.2, -0.15) is 0 Å². The van der Waals surface area contributed by atoms with Crippen molar-refractivity contribution < 1.29 is 13.6 Å². The number of nitrogen functional groups attached to an aromatic ring is 2. The molecule has 2 heterocycles. The van der Waals surface area contributed by atoms with Crippen LogP contribution < -0.4 is 16.2 Å². The molecule has 1 aromatic carbocycles. The summed E-state index contributed by atoms with van der Waals surface area (Å²) < 4.78 is 32.2. The molecule has 1 aliphatic carbocycles. The van der Waals surface area contributed by atoms with Crippen LogP contribution in [0.15, 0.2) is 12.1 Å². The third-order valence-electron chi connectivity index (χ3n) is 6.08. The lowest BCUT2D eigenvalue weighted by atomic mass is 9.96. The number of anilines is 2. The second kappa shape index (κ2) is 13.5. The molecule has 0 atom stereocenters. The van der Waals surface area contributed by atoms with Crippen molar-refractivity contribution in [2.45, 2.75) is 71.4 Å². The van der Waals surface area contributed by atoms with Crippen molar-refractivity contribution in [2.75, 3.05) is 30.3 Å². The summed E-state index contributed by atoms with van der Waals surface area (Å²) in [5.74, 6) is -0.676. The Labute approximate surface area is 215 Å². The maximum absolute atomic E-state index is 14.3. The monoisotopic (exact) mass is 525 g/mol. The average Bonchev–Trinajstić information content (AvgIpc) is 3.43. The molecule has 10 heteroatoms. The van der Waals surface area contributed by atoms with Gasteiger partial charge in [0, 0.05) is 18.3 Å². The summed E-state index contributed by atoms with van der Waals surface area (Å²) in [5.41, 5.74) is 10.9. The highest BCUT2D eigenvalue weighted by Crippen LogP contribution is 2.28. The Hall–Kier alpha value is -1.75. The Morgan fingerprint density at radius 2 is 1.77 bits per heavy atom. The number of aromatic nitrogens is 1. The summed E-state index contributed by atoms with van der Waals surface area (Å²) in [4.78, 5) is 18.1. The number of carbonyl (C=O) groups excluding carboxylic acids is 1. The summed E-state index contributed by atoms with van der Waals surface area (Å²) in [7, 11) is 0. The molecule has 2 fully saturated rings. The van der Waals surface area contributed by atoms with Crippen molar-refractivity contribution in [3.05, 3.63) is 39.8 Å². The first-order valence-corrected chi connectivity index (χ1v) is 14.2. The molecule has 0 unspecified atom stereocenters. The maximum atomic E-state index is 14.3. The van der Waals surface area contributed by atoms with E-state index in [1.165, 1.54) is 50.0 Å². The zero-order valence-electron chi connectivity index (χ0n) is 20.6. The van der Waals surface area contributed by atoms with E-state index < -0.39 is 23.0 Å². The Balaban J connectivity index is 0.000000241. The average molecular weight is 526 g/mol. The second-order valence-electron chi connectivity index (χ2n) is 9.67. The third-order valence-corrected chi connectivity index (χ3v) is 8.31. The lowest BCUT2D eigenvalue weighted by Gasteiger charge is -2.22. The van der Waals surface area contributed by atoms with Gasteiger partial charge in [-0.05, 0) is 62.4 Å². The SMILES string of the molecule is CC(C)CSNC1CCCCC1.Nc1nc(N)c(C(=O)c2c(F)cc(CN3CCCC3)cc2F)s1. The Morgan fingerprint density at radius 1 is 1.14 bits per heavy atom. The van der Waals surface area contributed by atoms with E-state index in [0.717, 1.165) is 49.2 Å². The van der Waals surface area contributed by atoms with Crippen LogP contribution in [0.5, 0.6) is 0 Å². The molecule has 1 saturated heterocycles. The second-order valence-corrected chi connectivity index (χ2v) is 11.6. The number of rotatable bonds is 8. The number of ketones is 1. The molecule has 1 aliphatic heterocycles. The van der Waals surface area contributed by atoms with Gasteiger partial charge in [-0.25, -0.2) is 13.8 Å². The number of nitrogens with one attached hydrogen (secondary N) is 1. The molecule has 4 rings (SSSR count). The van der Waals surface area contributed by atoms with Crippen molar-refractivity contribution in [1.82, 2.24) is 14.6 Å². The predicted molar refractivity (Wildman–Crippen MR) is 143 cm³/mol. The molecular formula is C25H37F2N5OS2. The van der Waals surface area contributed by atoms with Crippen molar-refractivity contribution in [3.63, 3.8) is 0 Å². The van der Waals surface area contributed by atoms with Crippen LogP contribution in [0.2, 0.25) is 0 Å². The lowest BCUT2D eigenvalue weighted by molar-refractivity contribution is 0.103. The van der Waals surface area contributed by atoms with Gasteiger partial charge in [-0.1, -0.05) is 56.4 Å². The van der Waals surface area contributed by atoms with E-state index in [2.05, 4.69) is 28.5 Å². The molecule has 0 radical (unpaired) electrons. The third kappa shape index (κ3) is 8.41. The molecule has 1 saturated carbocycles. The van der Waals surface area contributed by atoms with E-state index >= 15 is 0 Å². The Morgan fingerprint density at radius 3 is 2.31 bits per heavy atom. The summed E-state index contributed by atoms with van der Waals surface area (Å²) in [6.07, 6.45) is 9.28. The summed E-state index contributed by atoms with van der Waals surface area (Å²) >= 11 is 2.73. The fourth-order valence-electron chi connectivity index (χ4n) is 4.31. The van der Waals surface area contributed by atoms with Crippen LogP contribution in [-0.2, 0) is 6.54 Å². The predicted octanol–water partition coefficient (Wildman–Crippen LogP) is 5.63. The van der Waals surface area contributed by atoms with Gasteiger partial charge < -0.3 is 11.5 Å². The highest BCUT2D eigenvalue weighted by atomic mass is 32.2. The number of hydrogen-bond acceptors (Lipinski definition) is 8. The van der Waals surface area contributed by atoms with E-state index in [1.807, 2.05) is 11.9 Å². The van der Waals surface area contributed by atoms with Crippen LogP contribution in [-0.4, -0.2) is 40.6 Å². The minimum atomic E-state index is -0.893. The van der Waals surface area contributed by atoms with Gasteiger partial charge in [-0.3, -0.25) is 14.4 Å². The number of thiazole rings is 1. The van der Waals surface area contributed by atoms with Crippen LogP contribution in [0, 0.1) is 17.6 Å². The zero-order valence-corrected chi connectivity index (χ0v) is 22.3. The smallest absolute Gasteiger partial charge is 0.212 e. The fraction of sp³-hybridized carbons (Fsp3) is 0.600. The summed E-state index contributed by atoms with van der Waals surface area (Å²) in [6.45, 7) is 6.85. The van der Waals surface area contributed by atoms with Crippen LogP contribution in [0.1, 0.15) is 79.6 Å². The molecule has 35 heavy (non-hydrogen) atoms. The number of halogens is 2. The highest BCUT2D eigenvalue weighted by molar-refractivity contribution is 7.97. The molecule has 0 spiro atoms. The van der Waals surface area contributed by atoms with Gasteiger partial charge in [0.1, 0.15) is 22.3 Å². The molecule has 1 aromatic heterocycles. The number of benzene rings is 1. The topological polar surface area (TPSA) is 97.3 Å². The summed E-state index contributed by atoms with van der Waals surface area (Å²) in [5, 5.41) is 0.0809. The standard InChI is InChI=1S/C15H16F2N4OS.C10H21NS/c16-9-5-8(7-21-3-1-2-4-21)6-10(17)11(9)12(22)13-14(18)20-15(19)23-13;1-9(2)8-12-11-10-6-4-3-5-7-10/h5-6H,1-4,7,18H2,(H2,19,20);9-11H,3-8H2,1-2H3. The van der Waals surface area contributed by atoms with Gasteiger partial charge in [0.25, 0.3) is 0 Å². The molecule has 194 valence electrons. The fourth-order valence-corrected chi connectivity index (χ4v) is 5.91. The first-order chi connectivity index (χ1) is 16.7. The van der Waals surface area contributed by atoms with E-state index in [9.17, 15) is 13.6 Å². The van der Waals surface area contributed by atoms with Crippen LogP contribution in [0.3, 0.4) is 0 Å². The van der Waals surface area contributed by atoms with Crippen molar-refractivity contribution in [3.8, 4) is 0 Å². The summed E-state index contributed by atoms with van der Waals surface area (Å²) in [6, 6.07) is 3.22. The van der Waals surface area contributed by atoms with E-state index in [0.29, 0.717) is 12.1 Å². The van der Waals surface area contributed by atoms with Crippen molar-refractivity contribution in [2.24, 2.45) is 5.92 Å². The van der Waals surface area contributed by atoms with Crippen LogP contribution in [0.4, 0.5) is 19.7 Å². The number of likely N-dealkylation sites (tertiary alicyclic amines) is 1. The molecule has 2 aromatic rings. The number of nitrogens with zero attached hydrogens (tertiary/aromatic N) is 2. The van der Waals surface area contributed by atoms with Crippen molar-refractivity contribution in [1.29, 1.82) is 0 Å². The van der Waals surface area contributed by atoms with E-state index in [1.54, 1.807) is 0 Å². The van der Waals surface area contributed by atoms with Gasteiger partial charge >= 0.3 is 0 Å². The Bertz CT molecular complexity index is 950. The van der Waals surface area contributed by atoms with Gasteiger partial charge in [0.05, 0.1) is 5.56 Å². The Kier molecular flexibility index (Phi) is 10.8. The number of nitrogens with two attached hydrogens (primary N) is 2. The zero-order chi connectivity index (χ0) is 25.4. The minimum Gasteiger partial charge on any atom is -0.382 e. The molecular weight excluding hydrogens is 488 g/mol. The molecule has 0 amide bonds. The normalized spacial score (nSPS) is 16.9. The maximum Gasteiger partial charge on any atom is 0.212 e. The highest BCUT2D eigenvalue weighted by Gasteiger charge is 2.25. The lowest BCUT2D eigenvalue weighted by Crippen LogP contribution is -2.26. The molecule has 2 aliphatic rings. The largest absolute Gasteiger partial charge is 0.382 e. The van der Waals surface area contributed by atoms with Crippen LogP contribution >= 0.6 is 23.3 Å². The first kappa shape index (κ1) is 27.8. The number of carbonyl (C=O) groups is 1. The van der Waals surface area contributed by atoms with Gasteiger partial charge in [0.2, 0.25) is 5.78 Å². The van der Waals surface area contributed by atoms with Crippen LogP contribution in [0.25, 0.3) is 0 Å². The van der Waals surface area contributed by atoms with Gasteiger partial charge in [0.15, 0.2) is 5.13 Å². The van der Waals surface area contributed by atoms with E-state index in [-0.39, 0.29) is 15.8 Å². The number of hydrogen-bond donors (Lipinski definition) is 3. The van der Waals surface area contributed by atoms with Crippen molar-refractivity contribution >= 4 is 40.0 Å². The quantitative estimate of drug-likeness (QED) is 0.304. The van der Waals surface area contributed by atoms with Gasteiger partial charge in [-0.15, -0.1) is 0 Å².